The first kappa shape index (κ1) is 13.0. The molecular formula is C12H13BrN4S. The first-order chi connectivity index (χ1) is 8.56. The van der Waals surface area contributed by atoms with E-state index in [9.17, 15) is 0 Å². The number of benzene rings is 1. The van der Waals surface area contributed by atoms with Crippen molar-refractivity contribution in [2.45, 2.75) is 6.92 Å². The molecule has 0 spiro atoms. The Balaban J connectivity index is 2.01. The summed E-state index contributed by atoms with van der Waals surface area (Å²) in [6, 6.07) is 7.82. The highest BCUT2D eigenvalue weighted by Gasteiger charge is 2.05. The molecule has 0 amide bonds. The van der Waals surface area contributed by atoms with Gasteiger partial charge < -0.3 is 10.6 Å². The van der Waals surface area contributed by atoms with Crippen molar-refractivity contribution in [2.75, 3.05) is 10.6 Å². The highest BCUT2D eigenvalue weighted by atomic mass is 79.9. The second-order valence-electron chi connectivity index (χ2n) is 3.85. The van der Waals surface area contributed by atoms with Crippen molar-refractivity contribution in [2.24, 2.45) is 7.05 Å². The molecule has 94 valence electrons. The van der Waals surface area contributed by atoms with Gasteiger partial charge >= 0.3 is 0 Å². The van der Waals surface area contributed by atoms with Crippen molar-refractivity contribution in [1.82, 2.24) is 9.78 Å². The van der Waals surface area contributed by atoms with Crippen LogP contribution in [-0.4, -0.2) is 14.9 Å². The third-order valence-corrected chi connectivity index (χ3v) is 3.32. The Labute approximate surface area is 120 Å². The Hall–Kier alpha value is -1.40. The highest BCUT2D eigenvalue weighted by molar-refractivity contribution is 9.10. The van der Waals surface area contributed by atoms with Crippen molar-refractivity contribution in [3.05, 3.63) is 40.6 Å². The van der Waals surface area contributed by atoms with E-state index in [0.29, 0.717) is 5.11 Å². The van der Waals surface area contributed by atoms with E-state index < -0.39 is 0 Å². The van der Waals surface area contributed by atoms with Crippen LogP contribution in [0.1, 0.15) is 5.69 Å². The van der Waals surface area contributed by atoms with Gasteiger partial charge in [0.1, 0.15) is 0 Å². The third-order valence-electron chi connectivity index (χ3n) is 2.59. The van der Waals surface area contributed by atoms with Crippen LogP contribution in [0.25, 0.3) is 0 Å². The molecule has 0 saturated heterocycles. The predicted molar refractivity (Wildman–Crippen MR) is 81.9 cm³/mol. The summed E-state index contributed by atoms with van der Waals surface area (Å²) in [5.41, 5.74) is 2.89. The van der Waals surface area contributed by atoms with Gasteiger partial charge in [0.05, 0.1) is 17.6 Å². The Bertz CT molecular complexity index is 562. The van der Waals surface area contributed by atoms with Gasteiger partial charge in [0.2, 0.25) is 0 Å². The fourth-order valence-electron chi connectivity index (χ4n) is 1.44. The second-order valence-corrected chi connectivity index (χ2v) is 5.18. The summed E-state index contributed by atoms with van der Waals surface area (Å²) in [6.07, 6.45) is 1.75. The number of aromatic nitrogens is 2. The normalized spacial score (nSPS) is 10.2. The van der Waals surface area contributed by atoms with Crippen molar-refractivity contribution in [3.63, 3.8) is 0 Å². The van der Waals surface area contributed by atoms with Gasteiger partial charge in [-0.25, -0.2) is 0 Å². The lowest BCUT2D eigenvalue weighted by Gasteiger charge is -2.10. The standard InChI is InChI=1S/C12H13BrN4S/c1-8-11(7-14-17(8)2)16-12(18)15-10-5-3-9(13)4-6-10/h3-7H,1-2H3,(H2,15,16,18). The Morgan fingerprint density at radius 3 is 2.50 bits per heavy atom. The SMILES string of the molecule is Cc1c(NC(=S)Nc2ccc(Br)cc2)cnn1C. The molecule has 1 aromatic heterocycles. The molecule has 0 bridgehead atoms. The largest absolute Gasteiger partial charge is 0.332 e. The lowest BCUT2D eigenvalue weighted by atomic mass is 10.3. The van der Waals surface area contributed by atoms with Gasteiger partial charge in [-0.2, -0.15) is 5.10 Å². The molecule has 4 nitrogen and oxygen atoms in total. The molecule has 0 aliphatic rings. The van der Waals surface area contributed by atoms with E-state index in [1.807, 2.05) is 38.2 Å². The number of nitrogens with one attached hydrogen (secondary N) is 2. The van der Waals surface area contributed by atoms with Gasteiger partial charge in [-0.05, 0) is 43.4 Å². The van der Waals surface area contributed by atoms with Gasteiger partial charge in [-0.15, -0.1) is 0 Å². The average Bonchev–Trinajstić information content (AvgIpc) is 2.64. The van der Waals surface area contributed by atoms with Crippen LogP contribution in [0.2, 0.25) is 0 Å². The number of rotatable bonds is 2. The number of anilines is 2. The molecular weight excluding hydrogens is 312 g/mol. The van der Waals surface area contributed by atoms with E-state index in [2.05, 4.69) is 31.7 Å². The van der Waals surface area contributed by atoms with E-state index >= 15 is 0 Å². The van der Waals surface area contributed by atoms with Crippen molar-refractivity contribution in [3.8, 4) is 0 Å². The molecule has 0 radical (unpaired) electrons. The molecule has 6 heteroatoms. The first-order valence-electron chi connectivity index (χ1n) is 5.38. The maximum Gasteiger partial charge on any atom is 0.175 e. The Morgan fingerprint density at radius 2 is 1.94 bits per heavy atom. The molecule has 0 aliphatic carbocycles. The van der Waals surface area contributed by atoms with Crippen LogP contribution in [0.3, 0.4) is 0 Å². The Kier molecular flexibility index (Phi) is 3.98. The summed E-state index contributed by atoms with van der Waals surface area (Å²) in [7, 11) is 1.89. The zero-order valence-corrected chi connectivity index (χ0v) is 12.5. The second kappa shape index (κ2) is 5.49. The van der Waals surface area contributed by atoms with Gasteiger partial charge in [-0.1, -0.05) is 15.9 Å². The van der Waals surface area contributed by atoms with Crippen LogP contribution >= 0.6 is 28.1 Å². The molecule has 2 aromatic rings. The molecule has 0 aliphatic heterocycles. The van der Waals surface area contributed by atoms with Crippen LogP contribution in [-0.2, 0) is 7.05 Å². The minimum Gasteiger partial charge on any atom is -0.332 e. The van der Waals surface area contributed by atoms with Crippen LogP contribution in [0.15, 0.2) is 34.9 Å². The van der Waals surface area contributed by atoms with Gasteiger partial charge in [0.15, 0.2) is 5.11 Å². The summed E-state index contributed by atoms with van der Waals surface area (Å²) >= 11 is 8.64. The first-order valence-corrected chi connectivity index (χ1v) is 6.58. The smallest absolute Gasteiger partial charge is 0.175 e. The van der Waals surface area contributed by atoms with Crippen molar-refractivity contribution < 1.29 is 0 Å². The number of halogens is 1. The number of hydrogen-bond acceptors (Lipinski definition) is 2. The highest BCUT2D eigenvalue weighted by Crippen LogP contribution is 2.16. The average molecular weight is 325 g/mol. The van der Waals surface area contributed by atoms with Crippen molar-refractivity contribution in [1.29, 1.82) is 0 Å². The van der Waals surface area contributed by atoms with Gasteiger partial charge in [0, 0.05) is 17.2 Å². The molecule has 0 unspecified atom stereocenters. The molecule has 2 rings (SSSR count). The molecule has 0 fully saturated rings. The quantitative estimate of drug-likeness (QED) is 0.832. The van der Waals surface area contributed by atoms with E-state index in [-0.39, 0.29) is 0 Å². The minimum atomic E-state index is 0.549. The number of nitrogens with zero attached hydrogens (tertiary/aromatic N) is 2. The number of thiocarbonyl (C=S) groups is 1. The molecule has 0 atom stereocenters. The summed E-state index contributed by atoms with van der Waals surface area (Å²) < 4.78 is 2.83. The molecule has 1 aromatic carbocycles. The fourth-order valence-corrected chi connectivity index (χ4v) is 1.93. The van der Waals surface area contributed by atoms with E-state index in [4.69, 9.17) is 12.2 Å². The maximum absolute atomic E-state index is 5.25. The number of aryl methyl sites for hydroxylation is 1. The summed E-state index contributed by atoms with van der Waals surface area (Å²) in [4.78, 5) is 0. The Morgan fingerprint density at radius 1 is 1.28 bits per heavy atom. The topological polar surface area (TPSA) is 41.9 Å². The van der Waals surface area contributed by atoms with Crippen LogP contribution in [0.5, 0.6) is 0 Å². The van der Waals surface area contributed by atoms with Crippen molar-refractivity contribution >= 4 is 44.6 Å². The lowest BCUT2D eigenvalue weighted by molar-refractivity contribution is 0.740. The lowest BCUT2D eigenvalue weighted by Crippen LogP contribution is -2.19. The van der Waals surface area contributed by atoms with Crippen LogP contribution < -0.4 is 10.6 Å². The predicted octanol–water partition coefficient (Wildman–Crippen LogP) is 3.30. The zero-order chi connectivity index (χ0) is 13.1. The monoisotopic (exact) mass is 324 g/mol. The molecule has 18 heavy (non-hydrogen) atoms. The molecule has 0 saturated carbocycles. The third kappa shape index (κ3) is 3.08. The van der Waals surface area contributed by atoms with Gasteiger partial charge in [-0.3, -0.25) is 4.68 Å². The van der Waals surface area contributed by atoms with E-state index in [1.54, 1.807) is 10.9 Å². The summed E-state index contributed by atoms with van der Waals surface area (Å²) in [5.74, 6) is 0. The molecule has 1 heterocycles. The number of hydrogen-bond donors (Lipinski definition) is 2. The summed E-state index contributed by atoms with van der Waals surface area (Å²) in [6.45, 7) is 1.98. The van der Waals surface area contributed by atoms with E-state index in [0.717, 1.165) is 21.5 Å². The maximum atomic E-state index is 5.25. The zero-order valence-electron chi connectivity index (χ0n) is 10.1. The van der Waals surface area contributed by atoms with Gasteiger partial charge in [0.25, 0.3) is 0 Å². The fraction of sp³-hybridized carbons (Fsp3) is 0.167. The summed E-state index contributed by atoms with van der Waals surface area (Å²) in [5, 5.41) is 10.9. The van der Waals surface area contributed by atoms with E-state index in [1.165, 1.54) is 0 Å². The van der Waals surface area contributed by atoms with Crippen LogP contribution in [0.4, 0.5) is 11.4 Å². The minimum absolute atomic E-state index is 0.549. The molecule has 2 N–H and O–H groups in total. The van der Waals surface area contributed by atoms with Crippen LogP contribution in [0, 0.1) is 6.92 Å².